The minimum atomic E-state index is -4.78. The summed E-state index contributed by atoms with van der Waals surface area (Å²) >= 11 is 0. The molecule has 2 unspecified atom stereocenters. The van der Waals surface area contributed by atoms with Gasteiger partial charge in [-0.15, -0.1) is 0 Å². The monoisotopic (exact) mass is 786 g/mol. The predicted molar refractivity (Wildman–Crippen MR) is 179 cm³/mol. The van der Waals surface area contributed by atoms with Crippen LogP contribution in [0.5, 0.6) is 0 Å². The van der Waals surface area contributed by atoms with Crippen molar-refractivity contribution in [1.29, 1.82) is 0 Å². The Morgan fingerprint density at radius 1 is 0.477 bits per heavy atom. The molecule has 0 saturated carbocycles. The normalized spacial score (nSPS) is 9.68. The highest BCUT2D eigenvalue weighted by Crippen LogP contribution is 2.56. The first-order valence-corrected chi connectivity index (χ1v) is 18.8. The number of phosphoric ester groups is 2. The van der Waals surface area contributed by atoms with Gasteiger partial charge in [0.2, 0.25) is 0 Å². The molecule has 0 radical (unpaired) electrons. The third-order valence-electron chi connectivity index (χ3n) is 1.59. The number of phosphoric acid groups is 2. The fourth-order valence-electron chi connectivity index (χ4n) is 0.727. The fourth-order valence-corrected chi connectivity index (χ4v) is 2.18. The van der Waals surface area contributed by atoms with E-state index in [9.17, 15) is 37.2 Å². The summed E-state index contributed by atoms with van der Waals surface area (Å²) in [4.78, 5) is 66.3. The smallest absolute Gasteiger partial charge is 0.561 e. The molecule has 0 aromatic rings. The Morgan fingerprint density at radius 2 is 0.568 bits per heavy atom. The van der Waals surface area contributed by atoms with Crippen LogP contribution in [0, 0.1) is 0 Å². The number of aliphatic hydroxyl groups is 1. The minimum absolute atomic E-state index is 0. The van der Waals surface area contributed by atoms with Gasteiger partial charge < -0.3 is 24.7 Å². The molecule has 0 aliphatic heterocycles. The van der Waals surface area contributed by atoms with Gasteiger partial charge in [0.05, 0.1) is 26.4 Å². The van der Waals surface area contributed by atoms with Crippen LogP contribution in [0.4, 0.5) is 0 Å². The highest BCUT2D eigenvalue weighted by atomic mass is 32.1. The molecule has 288 valence electrons. The maximum Gasteiger partial charge on any atom is 0.561 e. The van der Waals surface area contributed by atoms with Crippen LogP contribution in [-0.4, -0.2) is 67.5 Å². The molecule has 0 fully saturated rings. The lowest BCUT2D eigenvalue weighted by Gasteiger charge is -2.07. The van der Waals surface area contributed by atoms with Crippen molar-refractivity contribution >= 4 is 45.6 Å². The second-order valence-electron chi connectivity index (χ2n) is 4.43. The molecule has 44 heavy (non-hydrogen) atoms. The van der Waals surface area contributed by atoms with Gasteiger partial charge in [-0.1, -0.05) is 76.0 Å². The van der Waals surface area contributed by atoms with Crippen molar-refractivity contribution in [2.75, 3.05) is 33.0 Å². The van der Waals surface area contributed by atoms with E-state index in [1.807, 2.05) is 0 Å². The Labute approximate surface area is 269 Å². The van der Waals surface area contributed by atoms with Crippen LogP contribution < -0.4 is 9.79 Å². The number of aliphatic hydroxyl groups excluding tert-OH is 1. The van der Waals surface area contributed by atoms with Gasteiger partial charge >= 0.3 is 45.6 Å². The third-order valence-corrected chi connectivity index (χ3v) is 7.34. The zero-order chi connectivity index (χ0) is 29.5. The van der Waals surface area contributed by atoms with Gasteiger partial charge in [-0.05, 0) is 34.6 Å². The molecule has 19 nitrogen and oxygen atoms in total. The van der Waals surface area contributed by atoms with Gasteiger partial charge in [-0.25, -0.2) is 18.3 Å². The quantitative estimate of drug-likeness (QED) is 0.118. The summed E-state index contributed by atoms with van der Waals surface area (Å²) in [6, 6.07) is 0. The van der Waals surface area contributed by atoms with Crippen LogP contribution in [0.3, 0.4) is 0 Å². The summed E-state index contributed by atoms with van der Waals surface area (Å²) in [5, 5.41) is 7.57. The van der Waals surface area contributed by atoms with E-state index in [0.717, 1.165) is 0 Å². The molecule has 7 N–H and O–H groups in total. The van der Waals surface area contributed by atoms with Gasteiger partial charge in [0.15, 0.2) is 0 Å². The summed E-state index contributed by atoms with van der Waals surface area (Å²) in [7, 11) is -24.1. The minimum Gasteiger partial charge on any atom is -0.588 e. The fraction of sp³-hybridized carbons (Fsp3) is 1.00. The van der Waals surface area contributed by atoms with Crippen molar-refractivity contribution in [2.45, 2.75) is 101 Å². The van der Waals surface area contributed by atoms with E-state index in [0.29, 0.717) is 0 Å². The Kier molecular flexibility index (Phi) is 104. The first kappa shape index (κ1) is 90.5. The molecule has 0 heterocycles. The highest BCUT2D eigenvalue weighted by molar-refractivity contribution is 8.19. The molecule has 0 bridgehead atoms. The summed E-state index contributed by atoms with van der Waals surface area (Å²) in [6.07, 6.45) is 0. The van der Waals surface area contributed by atoms with Crippen molar-refractivity contribution in [3.63, 3.8) is 0 Å². The largest absolute Gasteiger partial charge is 0.588 e. The lowest BCUT2D eigenvalue weighted by atomic mass is 10.9. The molecule has 0 spiro atoms. The number of rotatable bonds is 10. The lowest BCUT2D eigenvalue weighted by molar-refractivity contribution is -0.160. The molecule has 0 saturated heterocycles. The van der Waals surface area contributed by atoms with Crippen LogP contribution in [-0.2, 0) is 45.5 Å². The molecule has 0 amide bonds. The Bertz CT molecular complexity index is 663. The van der Waals surface area contributed by atoms with Gasteiger partial charge in [-0.2, -0.15) is 0 Å². The SMILES string of the molecule is C.C.C.C.C.C.C.C.C.CCO.CCOP(=O)(O)OCC.CCOP(=O)(O)OCC.O=[P+]([O-])P(=O)(O)O.O=[P+]([O-])P(=O)(O)O. The zero-order valence-electron chi connectivity index (χ0n) is 19.2. The summed E-state index contributed by atoms with van der Waals surface area (Å²) in [5.41, 5.74) is 0. The molecule has 0 aliphatic carbocycles. The zero-order valence-corrected chi connectivity index (χ0v) is 24.6. The lowest BCUT2D eigenvalue weighted by Crippen LogP contribution is -1.93. The predicted octanol–water partition coefficient (Wildman–Crippen LogP) is 6.41. The molecule has 0 aromatic carbocycles. The van der Waals surface area contributed by atoms with Crippen molar-refractivity contribution in [2.24, 2.45) is 0 Å². The van der Waals surface area contributed by atoms with Gasteiger partial charge in [0.25, 0.3) is 0 Å². The second-order valence-corrected chi connectivity index (χ2v) is 15.4. The van der Waals surface area contributed by atoms with Crippen LogP contribution in [0.1, 0.15) is 101 Å². The van der Waals surface area contributed by atoms with Crippen molar-refractivity contribution in [1.82, 2.24) is 0 Å². The van der Waals surface area contributed by atoms with Crippen molar-refractivity contribution in [3.05, 3.63) is 0 Å². The molecule has 0 aliphatic rings. The Morgan fingerprint density at radius 3 is 0.614 bits per heavy atom. The van der Waals surface area contributed by atoms with E-state index in [1.165, 1.54) is 0 Å². The number of hydrogen-bond donors (Lipinski definition) is 7. The first-order chi connectivity index (χ1) is 15.5. The van der Waals surface area contributed by atoms with Crippen LogP contribution >= 0.6 is 45.6 Å². The maximum absolute atomic E-state index is 10.5. The summed E-state index contributed by atoms with van der Waals surface area (Å²) in [5.74, 6) is 0. The van der Waals surface area contributed by atoms with E-state index < -0.39 is 45.6 Å². The van der Waals surface area contributed by atoms with E-state index in [-0.39, 0.29) is 99.9 Å². The average molecular weight is 787 g/mol. The maximum atomic E-state index is 10.5. The Balaban J connectivity index is -0.0000000208. The van der Waals surface area contributed by atoms with E-state index in [2.05, 4.69) is 18.1 Å². The molecular formula is C19H68O19P6. The molecule has 2 atom stereocenters. The highest BCUT2D eigenvalue weighted by Gasteiger charge is 2.31. The van der Waals surface area contributed by atoms with Gasteiger partial charge in [0, 0.05) is 6.61 Å². The topological polar surface area (TPSA) is 327 Å². The van der Waals surface area contributed by atoms with E-state index >= 15 is 0 Å². The summed E-state index contributed by atoms with van der Waals surface area (Å²) < 4.78 is 75.9. The molecule has 0 rings (SSSR count). The van der Waals surface area contributed by atoms with Crippen LogP contribution in [0.15, 0.2) is 0 Å². The van der Waals surface area contributed by atoms with E-state index in [4.69, 9.17) is 34.5 Å². The van der Waals surface area contributed by atoms with Gasteiger partial charge in [0.1, 0.15) is 0 Å². The van der Waals surface area contributed by atoms with E-state index in [1.54, 1.807) is 34.6 Å². The number of hydrogen-bond acceptors (Lipinski definition) is 13. The van der Waals surface area contributed by atoms with Crippen molar-refractivity contribution in [3.8, 4) is 0 Å². The van der Waals surface area contributed by atoms with Crippen LogP contribution in [0.25, 0.3) is 0 Å². The summed E-state index contributed by atoms with van der Waals surface area (Å²) in [6.45, 7) is 9.19. The molecule has 25 heteroatoms. The first-order valence-electron chi connectivity index (χ1n) is 8.80. The Hall–Kier alpha value is 0.600. The van der Waals surface area contributed by atoms with Crippen LogP contribution in [0.2, 0.25) is 0 Å². The van der Waals surface area contributed by atoms with Crippen molar-refractivity contribution < 1.29 is 89.7 Å². The third kappa shape index (κ3) is 90.1. The second kappa shape index (κ2) is 50.5. The standard InChI is InChI=1S/2C4H11O4P.C2H6O.9CH4.2H2O5P2/c2*1-3-7-9(5,6)8-4-2;1-2-3;;;;;;;;;;2*1-6(2)7(3,4)5/h2*3-4H2,1-2H3,(H,5,6);3H,2H2,1H3;9*1H4;2*(H2,3,4,5). The van der Waals surface area contributed by atoms with Gasteiger partial charge in [-0.3, -0.25) is 37.7 Å². The molecular weight excluding hydrogens is 718 g/mol. The molecule has 0 aromatic heterocycles. The average Bonchev–Trinajstić information content (AvgIpc) is 2.62.